The third kappa shape index (κ3) is 3.06. The summed E-state index contributed by atoms with van der Waals surface area (Å²) in [5.41, 5.74) is 0. The normalized spacial score (nSPS) is 11.7. The first-order valence-electron chi connectivity index (χ1n) is 8.15. The molecule has 0 bridgehead atoms. The van der Waals surface area contributed by atoms with Crippen LogP contribution in [0.2, 0.25) is 6.04 Å². The fourth-order valence-electron chi connectivity index (χ4n) is 3.32. The predicted molar refractivity (Wildman–Crippen MR) is 104 cm³/mol. The van der Waals surface area contributed by atoms with Gasteiger partial charge in [-0.25, -0.2) is 0 Å². The van der Waals surface area contributed by atoms with Crippen LogP contribution in [0.4, 0.5) is 0 Å². The van der Waals surface area contributed by atoms with Gasteiger partial charge < -0.3 is 0 Å². The third-order valence-electron chi connectivity index (χ3n) is 4.46. The Hall–Kier alpha value is -2.38. The van der Waals surface area contributed by atoms with Gasteiger partial charge in [0.25, 0.3) is 0 Å². The van der Waals surface area contributed by atoms with Gasteiger partial charge in [-0.15, -0.1) is 0 Å². The monoisotopic (exact) mass is 314 g/mol. The zero-order valence-electron chi connectivity index (χ0n) is 13.5. The van der Waals surface area contributed by atoms with Gasteiger partial charge in [0.2, 0.25) is 0 Å². The molecule has 3 aromatic rings. The molecule has 0 unspecified atom stereocenters. The topological polar surface area (TPSA) is 0 Å². The SMILES string of the molecule is C/C=C/C[Si](c1ccccc1)(c1ccccc1)c1ccccc1. The van der Waals surface area contributed by atoms with Gasteiger partial charge in [-0.1, -0.05) is 103 Å². The van der Waals surface area contributed by atoms with E-state index in [4.69, 9.17) is 0 Å². The maximum atomic E-state index is 2.33. The summed E-state index contributed by atoms with van der Waals surface area (Å²) in [7, 11) is -2.03. The molecule has 0 aliphatic rings. The van der Waals surface area contributed by atoms with Crippen molar-refractivity contribution in [3.63, 3.8) is 0 Å². The van der Waals surface area contributed by atoms with Gasteiger partial charge in [0.15, 0.2) is 8.07 Å². The molecule has 0 amide bonds. The lowest BCUT2D eigenvalue weighted by Gasteiger charge is -2.33. The minimum Gasteiger partial charge on any atom is -0.0919 e. The highest BCUT2D eigenvalue weighted by molar-refractivity contribution is 7.11. The molecule has 0 aromatic heterocycles. The summed E-state index contributed by atoms with van der Waals surface area (Å²) in [4.78, 5) is 0. The molecular weight excluding hydrogens is 292 g/mol. The smallest absolute Gasteiger partial charge is 0.0919 e. The molecule has 0 aliphatic carbocycles. The summed E-state index contributed by atoms with van der Waals surface area (Å²) in [5.74, 6) is 0. The Labute approximate surface area is 140 Å². The molecule has 3 rings (SSSR count). The van der Waals surface area contributed by atoms with Crippen LogP contribution >= 0.6 is 0 Å². The van der Waals surface area contributed by atoms with Crippen molar-refractivity contribution < 1.29 is 0 Å². The summed E-state index contributed by atoms with van der Waals surface area (Å²) >= 11 is 0. The number of hydrogen-bond donors (Lipinski definition) is 0. The Kier molecular flexibility index (Phi) is 4.89. The first-order valence-corrected chi connectivity index (χ1v) is 10.4. The van der Waals surface area contributed by atoms with E-state index in [9.17, 15) is 0 Å². The van der Waals surface area contributed by atoms with Crippen molar-refractivity contribution in [3.8, 4) is 0 Å². The van der Waals surface area contributed by atoms with Crippen molar-refractivity contribution in [2.45, 2.75) is 13.0 Å². The lowest BCUT2D eigenvalue weighted by Crippen LogP contribution is -2.66. The van der Waals surface area contributed by atoms with Gasteiger partial charge in [0.1, 0.15) is 0 Å². The number of benzene rings is 3. The molecule has 3 aromatic carbocycles. The van der Waals surface area contributed by atoms with Crippen LogP contribution in [0, 0.1) is 0 Å². The molecule has 0 nitrogen and oxygen atoms in total. The zero-order valence-corrected chi connectivity index (χ0v) is 14.5. The largest absolute Gasteiger partial charge is 0.151 e. The van der Waals surface area contributed by atoms with Crippen molar-refractivity contribution in [3.05, 3.63) is 103 Å². The maximum Gasteiger partial charge on any atom is 0.151 e. The standard InChI is InChI=1S/C22H22Si/c1-2-3-19-23(20-13-7-4-8-14-20,21-15-9-5-10-16-21)22-17-11-6-12-18-22/h2-18H,19H2,1H3/b3-2+. The summed E-state index contributed by atoms with van der Waals surface area (Å²) in [6.07, 6.45) is 4.51. The summed E-state index contributed by atoms with van der Waals surface area (Å²) < 4.78 is 0. The van der Waals surface area contributed by atoms with E-state index in [1.54, 1.807) is 0 Å². The van der Waals surface area contributed by atoms with Crippen LogP contribution in [0.1, 0.15) is 6.92 Å². The van der Waals surface area contributed by atoms with Crippen molar-refractivity contribution >= 4 is 23.6 Å². The molecule has 0 radical (unpaired) electrons. The predicted octanol–water partition coefficient (Wildman–Crippen LogP) is 3.73. The Morgan fingerprint density at radius 3 is 1.26 bits per heavy atom. The second-order valence-electron chi connectivity index (χ2n) is 5.78. The summed E-state index contributed by atoms with van der Waals surface area (Å²) in [5, 5.41) is 4.40. The van der Waals surface area contributed by atoms with E-state index < -0.39 is 8.07 Å². The van der Waals surface area contributed by atoms with E-state index >= 15 is 0 Å². The van der Waals surface area contributed by atoms with Crippen LogP contribution in [-0.2, 0) is 0 Å². The van der Waals surface area contributed by atoms with E-state index in [2.05, 4.69) is 110 Å². The molecule has 1 heteroatoms. The fourth-order valence-corrected chi connectivity index (χ4v) is 7.90. The average molecular weight is 315 g/mol. The van der Waals surface area contributed by atoms with Crippen LogP contribution in [0.25, 0.3) is 0 Å². The van der Waals surface area contributed by atoms with Crippen LogP contribution in [0.5, 0.6) is 0 Å². The van der Waals surface area contributed by atoms with Crippen LogP contribution in [0.3, 0.4) is 0 Å². The molecule has 0 N–H and O–H groups in total. The van der Waals surface area contributed by atoms with Crippen LogP contribution in [-0.4, -0.2) is 8.07 Å². The lowest BCUT2D eigenvalue weighted by atomic mass is 10.3. The van der Waals surface area contributed by atoms with E-state index in [1.807, 2.05) is 0 Å². The number of allylic oxidation sites excluding steroid dienone is 2. The Morgan fingerprint density at radius 2 is 0.957 bits per heavy atom. The minimum atomic E-state index is -2.03. The Morgan fingerprint density at radius 1 is 0.609 bits per heavy atom. The Bertz CT molecular complexity index is 649. The van der Waals surface area contributed by atoms with E-state index in [0.29, 0.717) is 0 Å². The molecular formula is C22H22Si. The maximum absolute atomic E-state index is 2.33. The highest BCUT2D eigenvalue weighted by atomic mass is 28.3. The highest BCUT2D eigenvalue weighted by Gasteiger charge is 2.37. The molecule has 0 aliphatic heterocycles. The summed E-state index contributed by atoms with van der Waals surface area (Å²) in [6, 6.07) is 34.2. The zero-order chi connectivity index (χ0) is 16.0. The first kappa shape index (κ1) is 15.5. The van der Waals surface area contributed by atoms with Crippen molar-refractivity contribution in [1.29, 1.82) is 0 Å². The molecule has 0 heterocycles. The molecule has 0 fully saturated rings. The van der Waals surface area contributed by atoms with Crippen molar-refractivity contribution in [1.82, 2.24) is 0 Å². The third-order valence-corrected chi connectivity index (χ3v) is 9.26. The van der Waals surface area contributed by atoms with Gasteiger partial charge in [-0.3, -0.25) is 0 Å². The molecule has 0 atom stereocenters. The van der Waals surface area contributed by atoms with Crippen molar-refractivity contribution in [2.24, 2.45) is 0 Å². The molecule has 0 saturated heterocycles. The van der Waals surface area contributed by atoms with E-state index in [1.165, 1.54) is 15.6 Å². The van der Waals surface area contributed by atoms with Gasteiger partial charge in [-0.05, 0) is 28.5 Å². The van der Waals surface area contributed by atoms with Crippen molar-refractivity contribution in [2.75, 3.05) is 0 Å². The average Bonchev–Trinajstić information content (AvgIpc) is 2.65. The fraction of sp³-hybridized carbons (Fsp3) is 0.0909. The summed E-state index contributed by atoms with van der Waals surface area (Å²) in [6.45, 7) is 2.11. The number of rotatable bonds is 5. The van der Waals surface area contributed by atoms with Gasteiger partial charge in [0, 0.05) is 0 Å². The van der Waals surface area contributed by atoms with Gasteiger partial charge >= 0.3 is 0 Å². The highest BCUT2D eigenvalue weighted by Crippen LogP contribution is 2.13. The van der Waals surface area contributed by atoms with Crippen LogP contribution in [0.15, 0.2) is 103 Å². The molecule has 0 saturated carbocycles. The lowest BCUT2D eigenvalue weighted by molar-refractivity contribution is 1.53. The first-order chi connectivity index (χ1) is 11.4. The van der Waals surface area contributed by atoms with E-state index in [-0.39, 0.29) is 0 Å². The molecule has 0 spiro atoms. The molecule has 114 valence electrons. The second kappa shape index (κ2) is 7.25. The number of hydrogen-bond acceptors (Lipinski definition) is 0. The quantitative estimate of drug-likeness (QED) is 0.382. The molecule has 23 heavy (non-hydrogen) atoms. The van der Waals surface area contributed by atoms with E-state index in [0.717, 1.165) is 6.04 Å². The Balaban J connectivity index is 2.30. The minimum absolute atomic E-state index is 1.08. The second-order valence-corrected chi connectivity index (χ2v) is 9.73. The van der Waals surface area contributed by atoms with Gasteiger partial charge in [0.05, 0.1) is 0 Å². The van der Waals surface area contributed by atoms with Crippen LogP contribution < -0.4 is 15.6 Å². The van der Waals surface area contributed by atoms with Gasteiger partial charge in [-0.2, -0.15) is 0 Å².